The fraction of sp³-hybridized carbons (Fsp3) is 0.500. The quantitative estimate of drug-likeness (QED) is 0.851. The van der Waals surface area contributed by atoms with Gasteiger partial charge in [0.2, 0.25) is 0 Å². The third-order valence-corrected chi connectivity index (χ3v) is 5.58. The van der Waals surface area contributed by atoms with Crippen LogP contribution in [-0.4, -0.2) is 35.1 Å². The maximum atomic E-state index is 12.5. The van der Waals surface area contributed by atoms with Crippen LogP contribution in [0.5, 0.6) is 0 Å². The first-order valence-corrected chi connectivity index (χ1v) is 7.66. The van der Waals surface area contributed by atoms with E-state index < -0.39 is 0 Å². The van der Waals surface area contributed by atoms with Gasteiger partial charge in [0.05, 0.1) is 16.7 Å². The highest BCUT2D eigenvalue weighted by molar-refractivity contribution is 9.10. The number of benzene rings is 1. The number of aliphatic hydroxyl groups is 1. The highest BCUT2D eigenvalue weighted by Gasteiger charge is 2.43. The molecule has 1 aromatic carbocycles. The van der Waals surface area contributed by atoms with Gasteiger partial charge in [0.1, 0.15) is 0 Å². The third kappa shape index (κ3) is 2.30. The lowest BCUT2D eigenvalue weighted by Gasteiger charge is -2.19. The number of aliphatic hydroxyl groups excluding tert-OH is 1. The summed E-state index contributed by atoms with van der Waals surface area (Å²) in [5.74, 6) is 0.660. The molecule has 19 heavy (non-hydrogen) atoms. The summed E-state index contributed by atoms with van der Waals surface area (Å²) in [4.78, 5) is 14.3. The number of amides is 1. The van der Waals surface area contributed by atoms with Crippen LogP contribution in [0.4, 0.5) is 0 Å². The number of halogens is 2. The molecule has 1 aliphatic heterocycles. The molecule has 1 saturated carbocycles. The Morgan fingerprint density at radius 2 is 2.16 bits per heavy atom. The second kappa shape index (κ2) is 5.08. The standard InChI is InChI=1S/C14H15BrClNO2/c15-11-3-1-2-9(13(11)16)14(19)17-6-8-4-5-12(18)10(8)7-17/h1-3,8,10,12,18H,4-7H2. The molecule has 1 aromatic rings. The van der Waals surface area contributed by atoms with E-state index in [-0.39, 0.29) is 17.9 Å². The Kier molecular flexibility index (Phi) is 3.58. The molecule has 2 fully saturated rings. The van der Waals surface area contributed by atoms with E-state index in [9.17, 15) is 9.90 Å². The minimum atomic E-state index is -0.249. The maximum absolute atomic E-state index is 12.5. The van der Waals surface area contributed by atoms with Gasteiger partial charge in [0.25, 0.3) is 5.91 Å². The molecule has 2 aliphatic rings. The maximum Gasteiger partial charge on any atom is 0.255 e. The van der Waals surface area contributed by atoms with Crippen molar-refractivity contribution in [1.82, 2.24) is 4.90 Å². The molecular formula is C14H15BrClNO2. The summed E-state index contributed by atoms with van der Waals surface area (Å²) in [7, 11) is 0. The van der Waals surface area contributed by atoms with Crippen molar-refractivity contribution in [3.63, 3.8) is 0 Å². The largest absolute Gasteiger partial charge is 0.393 e. The van der Waals surface area contributed by atoms with Crippen LogP contribution in [0.3, 0.4) is 0 Å². The molecule has 3 unspecified atom stereocenters. The van der Waals surface area contributed by atoms with E-state index in [1.54, 1.807) is 6.07 Å². The first-order valence-electron chi connectivity index (χ1n) is 6.49. The molecule has 0 bridgehead atoms. The predicted molar refractivity (Wildman–Crippen MR) is 77.3 cm³/mol. The fourth-order valence-electron chi connectivity index (χ4n) is 3.24. The van der Waals surface area contributed by atoms with Crippen molar-refractivity contribution >= 4 is 33.4 Å². The van der Waals surface area contributed by atoms with E-state index in [4.69, 9.17) is 11.6 Å². The van der Waals surface area contributed by atoms with Gasteiger partial charge < -0.3 is 10.0 Å². The van der Waals surface area contributed by atoms with Crippen molar-refractivity contribution in [3.05, 3.63) is 33.3 Å². The summed E-state index contributed by atoms with van der Waals surface area (Å²) in [6.07, 6.45) is 1.64. The molecule has 1 saturated heterocycles. The van der Waals surface area contributed by atoms with Crippen LogP contribution in [0.15, 0.2) is 22.7 Å². The highest BCUT2D eigenvalue weighted by atomic mass is 79.9. The molecule has 0 radical (unpaired) electrons. The van der Waals surface area contributed by atoms with Gasteiger partial charge in [-0.05, 0) is 46.8 Å². The third-order valence-electron chi connectivity index (χ3n) is 4.29. The number of hydrogen-bond donors (Lipinski definition) is 1. The first kappa shape index (κ1) is 13.4. The van der Waals surface area contributed by atoms with Crippen LogP contribution >= 0.6 is 27.5 Å². The number of carbonyl (C=O) groups is 1. The molecule has 3 nitrogen and oxygen atoms in total. The van der Waals surface area contributed by atoms with E-state index in [0.717, 1.165) is 23.9 Å². The fourth-order valence-corrected chi connectivity index (χ4v) is 3.81. The monoisotopic (exact) mass is 343 g/mol. The van der Waals surface area contributed by atoms with Gasteiger partial charge in [0.15, 0.2) is 0 Å². The van der Waals surface area contributed by atoms with Crippen LogP contribution in [0.1, 0.15) is 23.2 Å². The van der Waals surface area contributed by atoms with Gasteiger partial charge in [-0.15, -0.1) is 0 Å². The van der Waals surface area contributed by atoms with Gasteiger partial charge in [0, 0.05) is 23.5 Å². The van der Waals surface area contributed by atoms with Crippen LogP contribution < -0.4 is 0 Å². The van der Waals surface area contributed by atoms with Crippen LogP contribution in [0, 0.1) is 11.8 Å². The lowest BCUT2D eigenvalue weighted by molar-refractivity contribution is 0.0752. The van der Waals surface area contributed by atoms with E-state index in [1.165, 1.54) is 0 Å². The van der Waals surface area contributed by atoms with Gasteiger partial charge in [-0.25, -0.2) is 0 Å². The number of likely N-dealkylation sites (tertiary alicyclic amines) is 1. The highest BCUT2D eigenvalue weighted by Crippen LogP contribution is 2.39. The van der Waals surface area contributed by atoms with Crippen molar-refractivity contribution in [2.24, 2.45) is 11.8 Å². The van der Waals surface area contributed by atoms with Crippen LogP contribution in [0.2, 0.25) is 5.02 Å². The minimum Gasteiger partial charge on any atom is -0.393 e. The Morgan fingerprint density at radius 1 is 1.37 bits per heavy atom. The molecule has 0 spiro atoms. The molecule has 5 heteroatoms. The van der Waals surface area contributed by atoms with Gasteiger partial charge in [-0.1, -0.05) is 17.7 Å². The zero-order valence-electron chi connectivity index (χ0n) is 10.4. The Labute approximate surface area is 125 Å². The van der Waals surface area contributed by atoms with Crippen molar-refractivity contribution in [2.75, 3.05) is 13.1 Å². The van der Waals surface area contributed by atoms with Crippen molar-refractivity contribution in [1.29, 1.82) is 0 Å². The molecule has 0 aromatic heterocycles. The van der Waals surface area contributed by atoms with Gasteiger partial charge >= 0.3 is 0 Å². The molecular weight excluding hydrogens is 330 g/mol. The average Bonchev–Trinajstić information content (AvgIpc) is 2.95. The molecule has 1 N–H and O–H groups in total. The molecule has 1 aliphatic carbocycles. The minimum absolute atomic E-state index is 0.0344. The summed E-state index contributed by atoms with van der Waals surface area (Å²) < 4.78 is 0.736. The molecule has 1 amide bonds. The number of nitrogens with zero attached hydrogens (tertiary/aromatic N) is 1. The summed E-state index contributed by atoms with van der Waals surface area (Å²) in [6.45, 7) is 1.39. The molecule has 3 atom stereocenters. The average molecular weight is 345 g/mol. The lowest BCUT2D eigenvalue weighted by Crippen LogP contribution is -2.31. The van der Waals surface area contributed by atoms with Gasteiger partial charge in [-0.2, -0.15) is 0 Å². The van der Waals surface area contributed by atoms with E-state index in [1.807, 2.05) is 17.0 Å². The molecule has 1 heterocycles. The Morgan fingerprint density at radius 3 is 2.89 bits per heavy atom. The Bertz CT molecular complexity index is 522. The second-order valence-corrected chi connectivity index (χ2v) is 6.61. The molecule has 3 rings (SSSR count). The van der Waals surface area contributed by atoms with Crippen molar-refractivity contribution in [2.45, 2.75) is 18.9 Å². The van der Waals surface area contributed by atoms with Crippen molar-refractivity contribution in [3.8, 4) is 0 Å². The lowest BCUT2D eigenvalue weighted by atomic mass is 10.00. The number of rotatable bonds is 1. The Balaban J connectivity index is 1.81. The smallest absolute Gasteiger partial charge is 0.255 e. The van der Waals surface area contributed by atoms with Crippen LogP contribution in [0.25, 0.3) is 0 Å². The van der Waals surface area contributed by atoms with E-state index in [2.05, 4.69) is 15.9 Å². The summed E-state index contributed by atoms with van der Waals surface area (Å²) in [6, 6.07) is 5.39. The summed E-state index contributed by atoms with van der Waals surface area (Å²) in [5, 5.41) is 10.4. The topological polar surface area (TPSA) is 40.5 Å². The first-order chi connectivity index (χ1) is 9.08. The number of carbonyl (C=O) groups excluding carboxylic acids is 1. The van der Waals surface area contributed by atoms with E-state index >= 15 is 0 Å². The van der Waals surface area contributed by atoms with E-state index in [0.29, 0.717) is 23.0 Å². The van der Waals surface area contributed by atoms with Crippen molar-refractivity contribution < 1.29 is 9.90 Å². The number of hydrogen-bond acceptors (Lipinski definition) is 2. The normalized spacial score (nSPS) is 29.6. The number of fused-ring (bicyclic) bond motifs is 1. The zero-order valence-corrected chi connectivity index (χ0v) is 12.7. The SMILES string of the molecule is O=C(c1cccc(Br)c1Cl)N1CC2CCC(O)C2C1. The predicted octanol–water partition coefficient (Wildman–Crippen LogP) is 2.95. The van der Waals surface area contributed by atoms with Crippen LogP contribution in [-0.2, 0) is 0 Å². The zero-order chi connectivity index (χ0) is 13.6. The summed E-state index contributed by atoms with van der Waals surface area (Å²) >= 11 is 9.51. The Hall–Kier alpha value is -0.580. The molecule has 102 valence electrons. The van der Waals surface area contributed by atoms with Gasteiger partial charge in [-0.3, -0.25) is 4.79 Å². The second-order valence-electron chi connectivity index (χ2n) is 5.38. The summed E-state index contributed by atoms with van der Waals surface area (Å²) in [5.41, 5.74) is 0.533.